The predicted octanol–water partition coefficient (Wildman–Crippen LogP) is 0.994. The molecule has 2 N–H and O–H groups in total. The number of carbonyl (C=O) groups is 1. The van der Waals surface area contributed by atoms with Crippen LogP contribution in [0.5, 0.6) is 5.75 Å². The highest BCUT2D eigenvalue weighted by molar-refractivity contribution is 5.60. The van der Waals surface area contributed by atoms with Gasteiger partial charge < -0.3 is 15.2 Å². The molecular formula is C10H11NO2. The van der Waals surface area contributed by atoms with Gasteiger partial charge in [0.1, 0.15) is 12.0 Å². The number of nitrogens with one attached hydrogen (secondary N) is 1. The molecule has 0 amide bonds. The normalized spacial score (nSPS) is 26.5. The van der Waals surface area contributed by atoms with Gasteiger partial charge in [-0.25, -0.2) is 0 Å². The first-order valence-corrected chi connectivity index (χ1v) is 4.30. The summed E-state index contributed by atoms with van der Waals surface area (Å²) in [6.45, 7) is 0. The van der Waals surface area contributed by atoms with Crippen LogP contribution in [0.2, 0.25) is 0 Å². The Bertz CT molecular complexity index is 318. The van der Waals surface area contributed by atoms with Crippen LogP contribution in [0.3, 0.4) is 0 Å². The second-order valence-electron chi connectivity index (χ2n) is 3.26. The lowest BCUT2D eigenvalue weighted by Gasteiger charge is -2.34. The Hall–Kier alpha value is -1.35. The topological polar surface area (TPSA) is 49.3 Å². The molecule has 1 aliphatic rings. The number of aromatic hydroxyl groups is 1. The Morgan fingerprint density at radius 3 is 2.77 bits per heavy atom. The van der Waals surface area contributed by atoms with Crippen molar-refractivity contribution in [2.75, 3.05) is 0 Å². The van der Waals surface area contributed by atoms with Gasteiger partial charge in [-0.3, -0.25) is 0 Å². The molecule has 68 valence electrons. The number of hydrogen-bond acceptors (Lipinski definition) is 3. The van der Waals surface area contributed by atoms with Crippen LogP contribution < -0.4 is 5.32 Å². The Kier molecular flexibility index (Phi) is 2.02. The monoisotopic (exact) mass is 177 g/mol. The highest BCUT2D eigenvalue weighted by Crippen LogP contribution is 2.32. The van der Waals surface area contributed by atoms with Crippen molar-refractivity contribution in [3.05, 3.63) is 29.8 Å². The van der Waals surface area contributed by atoms with E-state index in [0.29, 0.717) is 5.75 Å². The quantitative estimate of drug-likeness (QED) is 0.662. The third-order valence-corrected chi connectivity index (χ3v) is 2.38. The number of phenolic OH excluding ortho intramolecular Hbond substituents is 1. The second kappa shape index (κ2) is 3.18. The highest BCUT2D eigenvalue weighted by atomic mass is 16.3. The van der Waals surface area contributed by atoms with Crippen molar-refractivity contribution in [3.8, 4) is 5.75 Å². The molecule has 3 heteroatoms. The molecule has 0 saturated carbocycles. The largest absolute Gasteiger partial charge is 0.508 e. The number of phenols is 1. The lowest BCUT2D eigenvalue weighted by atomic mass is 9.91. The minimum atomic E-state index is -0.0374. The van der Waals surface area contributed by atoms with Gasteiger partial charge in [-0.1, -0.05) is 18.2 Å². The van der Waals surface area contributed by atoms with Crippen molar-refractivity contribution < 1.29 is 9.90 Å². The SMILES string of the molecule is O=CC1CC(c2ccccc2O)N1. The summed E-state index contributed by atoms with van der Waals surface area (Å²) in [5, 5.41) is 12.5. The number of aldehydes is 1. The van der Waals surface area contributed by atoms with Crippen LogP contribution in [-0.4, -0.2) is 17.4 Å². The molecule has 1 aliphatic heterocycles. The molecule has 0 aliphatic carbocycles. The van der Waals surface area contributed by atoms with E-state index in [9.17, 15) is 9.90 Å². The number of rotatable bonds is 2. The Balaban J connectivity index is 2.11. The van der Waals surface area contributed by atoms with Crippen LogP contribution in [0, 0.1) is 0 Å². The molecule has 2 rings (SSSR count). The van der Waals surface area contributed by atoms with Gasteiger partial charge in [0.25, 0.3) is 0 Å². The standard InChI is InChI=1S/C10H11NO2/c12-6-7-5-9(11-7)8-3-1-2-4-10(8)13/h1-4,6-7,9,11,13H,5H2. The van der Waals surface area contributed by atoms with E-state index >= 15 is 0 Å². The van der Waals surface area contributed by atoms with Gasteiger partial charge in [0, 0.05) is 11.6 Å². The molecule has 1 fully saturated rings. The van der Waals surface area contributed by atoms with E-state index in [-0.39, 0.29) is 12.1 Å². The molecule has 0 aromatic heterocycles. The van der Waals surface area contributed by atoms with Crippen LogP contribution in [0.15, 0.2) is 24.3 Å². The molecule has 3 nitrogen and oxygen atoms in total. The van der Waals surface area contributed by atoms with E-state index in [2.05, 4.69) is 5.32 Å². The first-order chi connectivity index (χ1) is 6.31. The summed E-state index contributed by atoms with van der Waals surface area (Å²) in [5.74, 6) is 0.296. The van der Waals surface area contributed by atoms with Gasteiger partial charge in [-0.05, 0) is 12.5 Å². The maximum Gasteiger partial charge on any atom is 0.136 e. The number of benzene rings is 1. The van der Waals surface area contributed by atoms with Gasteiger partial charge in [-0.15, -0.1) is 0 Å². The molecule has 1 heterocycles. The van der Waals surface area contributed by atoms with Gasteiger partial charge in [0.2, 0.25) is 0 Å². The number of para-hydroxylation sites is 1. The van der Waals surface area contributed by atoms with Crippen LogP contribution in [0.1, 0.15) is 18.0 Å². The molecule has 0 spiro atoms. The average Bonchev–Trinajstić information content (AvgIpc) is 2.06. The van der Waals surface area contributed by atoms with Crippen molar-refractivity contribution in [1.29, 1.82) is 0 Å². The zero-order chi connectivity index (χ0) is 9.26. The predicted molar refractivity (Wildman–Crippen MR) is 48.5 cm³/mol. The first kappa shape index (κ1) is 8.26. The molecule has 1 aromatic rings. The van der Waals surface area contributed by atoms with Crippen molar-refractivity contribution in [3.63, 3.8) is 0 Å². The second-order valence-corrected chi connectivity index (χ2v) is 3.26. The van der Waals surface area contributed by atoms with Crippen LogP contribution in [0.25, 0.3) is 0 Å². The smallest absolute Gasteiger partial charge is 0.136 e. The minimum Gasteiger partial charge on any atom is -0.508 e. The number of hydrogen-bond donors (Lipinski definition) is 2. The minimum absolute atomic E-state index is 0.0374. The molecule has 1 aromatic carbocycles. The summed E-state index contributed by atoms with van der Waals surface area (Å²) in [4.78, 5) is 10.3. The summed E-state index contributed by atoms with van der Waals surface area (Å²) in [5.41, 5.74) is 0.876. The van der Waals surface area contributed by atoms with E-state index in [1.165, 1.54) is 0 Å². The molecule has 2 atom stereocenters. The maximum absolute atomic E-state index is 10.3. The van der Waals surface area contributed by atoms with E-state index in [4.69, 9.17) is 0 Å². The lowest BCUT2D eigenvalue weighted by molar-refractivity contribution is -0.111. The van der Waals surface area contributed by atoms with Crippen LogP contribution in [0.4, 0.5) is 0 Å². The van der Waals surface area contributed by atoms with Crippen LogP contribution >= 0.6 is 0 Å². The third kappa shape index (κ3) is 1.42. The van der Waals surface area contributed by atoms with Gasteiger partial charge in [0.15, 0.2) is 0 Å². The van der Waals surface area contributed by atoms with Gasteiger partial charge in [0.05, 0.1) is 6.04 Å². The van der Waals surface area contributed by atoms with Crippen molar-refractivity contribution >= 4 is 6.29 Å². The molecule has 1 saturated heterocycles. The van der Waals surface area contributed by atoms with E-state index in [1.807, 2.05) is 12.1 Å². The van der Waals surface area contributed by atoms with Crippen molar-refractivity contribution in [2.45, 2.75) is 18.5 Å². The zero-order valence-electron chi connectivity index (χ0n) is 7.10. The molecule has 13 heavy (non-hydrogen) atoms. The summed E-state index contributed by atoms with van der Waals surface area (Å²) >= 11 is 0. The highest BCUT2D eigenvalue weighted by Gasteiger charge is 2.30. The number of carbonyl (C=O) groups excluding carboxylic acids is 1. The molecule has 2 unspecified atom stereocenters. The van der Waals surface area contributed by atoms with Crippen LogP contribution in [-0.2, 0) is 4.79 Å². The maximum atomic E-state index is 10.3. The van der Waals surface area contributed by atoms with Gasteiger partial charge in [-0.2, -0.15) is 0 Å². The van der Waals surface area contributed by atoms with Crippen molar-refractivity contribution in [1.82, 2.24) is 5.32 Å². The fraction of sp³-hybridized carbons (Fsp3) is 0.300. The van der Waals surface area contributed by atoms with E-state index in [1.54, 1.807) is 12.1 Å². The third-order valence-electron chi connectivity index (χ3n) is 2.38. The molecule has 0 bridgehead atoms. The van der Waals surface area contributed by atoms with E-state index in [0.717, 1.165) is 18.3 Å². The summed E-state index contributed by atoms with van der Waals surface area (Å²) in [7, 11) is 0. The van der Waals surface area contributed by atoms with E-state index < -0.39 is 0 Å². The first-order valence-electron chi connectivity index (χ1n) is 4.30. The van der Waals surface area contributed by atoms with Crippen molar-refractivity contribution in [2.24, 2.45) is 0 Å². The van der Waals surface area contributed by atoms with Gasteiger partial charge >= 0.3 is 0 Å². The Labute approximate surface area is 76.4 Å². The molecular weight excluding hydrogens is 166 g/mol. The summed E-state index contributed by atoms with van der Waals surface area (Å²) in [6.07, 6.45) is 1.68. The summed E-state index contributed by atoms with van der Waals surface area (Å²) in [6, 6.07) is 7.29. The fourth-order valence-corrected chi connectivity index (χ4v) is 1.58. The zero-order valence-corrected chi connectivity index (χ0v) is 7.10. The lowest BCUT2D eigenvalue weighted by Crippen LogP contribution is -2.46. The Morgan fingerprint density at radius 1 is 1.46 bits per heavy atom. The molecule has 0 radical (unpaired) electrons. The average molecular weight is 177 g/mol. The Morgan fingerprint density at radius 2 is 2.15 bits per heavy atom. The summed E-state index contributed by atoms with van der Waals surface area (Å²) < 4.78 is 0. The fourth-order valence-electron chi connectivity index (χ4n) is 1.58.